The van der Waals surface area contributed by atoms with Crippen molar-refractivity contribution in [1.29, 1.82) is 0 Å². The van der Waals surface area contributed by atoms with Crippen molar-refractivity contribution in [1.82, 2.24) is 0 Å². The van der Waals surface area contributed by atoms with Crippen molar-refractivity contribution in [3.05, 3.63) is 36.0 Å². The molecule has 0 N–H and O–H groups in total. The quantitative estimate of drug-likeness (QED) is 0.564. The van der Waals surface area contributed by atoms with Gasteiger partial charge < -0.3 is 4.74 Å². The molecule has 1 rings (SSSR count). The molecule has 54 valence electrons. The average molecular weight is 136 g/mol. The van der Waals surface area contributed by atoms with Crippen LogP contribution in [0.3, 0.4) is 0 Å². The number of hydrogen-bond donors (Lipinski definition) is 0. The fraction of sp³-hybridized carbons (Fsp3) is 0.333. The highest BCUT2D eigenvalue weighted by atomic mass is 16.5. The standard InChI is InChI=1S/C9H12O/c1-10-8-9-6-4-2-3-5-7-9/h2,4-7H,3,8H2,1H3. The molecule has 0 aromatic heterocycles. The molecule has 1 aliphatic carbocycles. The van der Waals surface area contributed by atoms with Gasteiger partial charge in [0.15, 0.2) is 0 Å². The Balaban J connectivity index is 2.55. The normalized spacial score (nSPS) is 16.7. The Morgan fingerprint density at radius 1 is 1.50 bits per heavy atom. The molecule has 0 bridgehead atoms. The second kappa shape index (κ2) is 4.07. The summed E-state index contributed by atoms with van der Waals surface area (Å²) in [5.41, 5.74) is 1.23. The Morgan fingerprint density at radius 2 is 2.40 bits per heavy atom. The summed E-state index contributed by atoms with van der Waals surface area (Å²) in [6.07, 6.45) is 11.5. The molecule has 0 fully saturated rings. The first-order chi connectivity index (χ1) is 4.93. The lowest BCUT2D eigenvalue weighted by molar-refractivity contribution is 0.228. The van der Waals surface area contributed by atoms with Crippen LogP contribution in [0, 0.1) is 0 Å². The van der Waals surface area contributed by atoms with Crippen LogP contribution in [0.15, 0.2) is 36.0 Å². The van der Waals surface area contributed by atoms with E-state index in [4.69, 9.17) is 4.74 Å². The van der Waals surface area contributed by atoms with Gasteiger partial charge in [-0.15, -0.1) is 0 Å². The van der Waals surface area contributed by atoms with E-state index in [2.05, 4.69) is 30.4 Å². The maximum atomic E-state index is 4.98. The SMILES string of the molecule is COCC1=CC=CCC=C1. The van der Waals surface area contributed by atoms with Crippen LogP contribution in [0.25, 0.3) is 0 Å². The van der Waals surface area contributed by atoms with Gasteiger partial charge in [0.05, 0.1) is 6.61 Å². The maximum absolute atomic E-state index is 4.98. The molecule has 0 unspecified atom stereocenters. The molecule has 0 atom stereocenters. The number of allylic oxidation sites excluding steroid dienone is 4. The zero-order valence-corrected chi connectivity index (χ0v) is 6.21. The van der Waals surface area contributed by atoms with E-state index in [0.29, 0.717) is 6.61 Å². The minimum atomic E-state index is 0.709. The predicted molar refractivity (Wildman–Crippen MR) is 42.9 cm³/mol. The van der Waals surface area contributed by atoms with Gasteiger partial charge in [-0.25, -0.2) is 0 Å². The van der Waals surface area contributed by atoms with Crippen LogP contribution >= 0.6 is 0 Å². The summed E-state index contributed by atoms with van der Waals surface area (Å²) < 4.78 is 4.98. The summed E-state index contributed by atoms with van der Waals surface area (Å²) in [6, 6.07) is 0. The van der Waals surface area contributed by atoms with Gasteiger partial charge in [0, 0.05) is 7.11 Å². The van der Waals surface area contributed by atoms with E-state index in [1.165, 1.54) is 5.57 Å². The highest BCUT2D eigenvalue weighted by molar-refractivity contribution is 5.27. The summed E-state index contributed by atoms with van der Waals surface area (Å²) in [5, 5.41) is 0. The number of methoxy groups -OCH3 is 1. The first-order valence-electron chi connectivity index (χ1n) is 3.44. The van der Waals surface area contributed by atoms with Gasteiger partial charge in [-0.2, -0.15) is 0 Å². The van der Waals surface area contributed by atoms with E-state index in [-0.39, 0.29) is 0 Å². The topological polar surface area (TPSA) is 9.23 Å². The van der Waals surface area contributed by atoms with Crippen molar-refractivity contribution in [3.8, 4) is 0 Å². The monoisotopic (exact) mass is 136 g/mol. The van der Waals surface area contributed by atoms with Crippen molar-refractivity contribution in [2.75, 3.05) is 13.7 Å². The number of hydrogen-bond acceptors (Lipinski definition) is 1. The predicted octanol–water partition coefficient (Wildman–Crippen LogP) is 2.08. The van der Waals surface area contributed by atoms with Crippen molar-refractivity contribution in [2.45, 2.75) is 6.42 Å². The van der Waals surface area contributed by atoms with Crippen molar-refractivity contribution in [2.24, 2.45) is 0 Å². The lowest BCUT2D eigenvalue weighted by Gasteiger charge is -1.95. The Labute approximate surface area is 61.7 Å². The minimum absolute atomic E-state index is 0.709. The van der Waals surface area contributed by atoms with Crippen molar-refractivity contribution in [3.63, 3.8) is 0 Å². The van der Waals surface area contributed by atoms with Gasteiger partial charge in [0.25, 0.3) is 0 Å². The number of rotatable bonds is 2. The second-order valence-corrected chi connectivity index (χ2v) is 2.24. The van der Waals surface area contributed by atoms with E-state index < -0.39 is 0 Å². The third-order valence-electron chi connectivity index (χ3n) is 1.36. The molecule has 0 aromatic carbocycles. The van der Waals surface area contributed by atoms with Gasteiger partial charge in [-0.1, -0.05) is 30.4 Å². The van der Waals surface area contributed by atoms with E-state index in [0.717, 1.165) is 6.42 Å². The van der Waals surface area contributed by atoms with E-state index in [1.807, 2.05) is 0 Å². The molecule has 0 spiro atoms. The van der Waals surface area contributed by atoms with Gasteiger partial charge in [0.1, 0.15) is 0 Å². The molecule has 0 aliphatic heterocycles. The molecule has 1 heteroatoms. The summed E-state index contributed by atoms with van der Waals surface area (Å²) in [5.74, 6) is 0. The van der Waals surface area contributed by atoms with Gasteiger partial charge in [-0.3, -0.25) is 0 Å². The Hall–Kier alpha value is -0.820. The Morgan fingerprint density at radius 3 is 3.20 bits per heavy atom. The van der Waals surface area contributed by atoms with Gasteiger partial charge in [-0.05, 0) is 12.0 Å². The third kappa shape index (κ3) is 2.19. The Kier molecular flexibility index (Phi) is 2.97. The molecule has 0 aromatic rings. The maximum Gasteiger partial charge on any atom is 0.0712 e. The molecule has 10 heavy (non-hydrogen) atoms. The summed E-state index contributed by atoms with van der Waals surface area (Å²) in [6.45, 7) is 0.709. The fourth-order valence-corrected chi connectivity index (χ4v) is 0.887. The first-order valence-corrected chi connectivity index (χ1v) is 3.44. The van der Waals surface area contributed by atoms with Crippen LogP contribution in [-0.2, 0) is 4.74 Å². The Bertz CT molecular complexity index is 175. The van der Waals surface area contributed by atoms with Crippen LogP contribution < -0.4 is 0 Å². The highest BCUT2D eigenvalue weighted by Crippen LogP contribution is 2.03. The lowest BCUT2D eigenvalue weighted by atomic mass is 10.2. The highest BCUT2D eigenvalue weighted by Gasteiger charge is 1.89. The molecule has 1 aliphatic rings. The number of ether oxygens (including phenoxy) is 1. The summed E-state index contributed by atoms with van der Waals surface area (Å²) in [7, 11) is 1.71. The molecule has 0 heterocycles. The van der Waals surface area contributed by atoms with E-state index >= 15 is 0 Å². The smallest absolute Gasteiger partial charge is 0.0712 e. The van der Waals surface area contributed by atoms with Crippen molar-refractivity contribution >= 4 is 0 Å². The van der Waals surface area contributed by atoms with Crippen LogP contribution in [0.1, 0.15) is 6.42 Å². The minimum Gasteiger partial charge on any atom is -0.380 e. The van der Waals surface area contributed by atoms with Crippen LogP contribution in [0.4, 0.5) is 0 Å². The summed E-state index contributed by atoms with van der Waals surface area (Å²) >= 11 is 0. The first kappa shape index (κ1) is 7.29. The zero-order chi connectivity index (χ0) is 7.23. The molecule has 0 saturated heterocycles. The second-order valence-electron chi connectivity index (χ2n) is 2.24. The van der Waals surface area contributed by atoms with Crippen LogP contribution in [0.2, 0.25) is 0 Å². The summed E-state index contributed by atoms with van der Waals surface area (Å²) in [4.78, 5) is 0. The molecule has 0 radical (unpaired) electrons. The third-order valence-corrected chi connectivity index (χ3v) is 1.36. The lowest BCUT2D eigenvalue weighted by Crippen LogP contribution is -1.89. The zero-order valence-electron chi connectivity index (χ0n) is 6.21. The largest absolute Gasteiger partial charge is 0.380 e. The molecule has 0 saturated carbocycles. The fourth-order valence-electron chi connectivity index (χ4n) is 0.887. The average Bonchev–Trinajstić information content (AvgIpc) is 2.17. The molecular weight excluding hydrogens is 124 g/mol. The van der Waals surface area contributed by atoms with Crippen LogP contribution in [0.5, 0.6) is 0 Å². The van der Waals surface area contributed by atoms with Crippen molar-refractivity contribution < 1.29 is 4.74 Å². The molecular formula is C9H12O. The van der Waals surface area contributed by atoms with Gasteiger partial charge in [0.2, 0.25) is 0 Å². The molecule has 0 amide bonds. The van der Waals surface area contributed by atoms with E-state index in [9.17, 15) is 0 Å². The van der Waals surface area contributed by atoms with Gasteiger partial charge >= 0.3 is 0 Å². The van der Waals surface area contributed by atoms with E-state index in [1.54, 1.807) is 7.11 Å². The van der Waals surface area contributed by atoms with Crippen LogP contribution in [-0.4, -0.2) is 13.7 Å². The molecule has 1 nitrogen and oxygen atoms in total.